The maximum Gasteiger partial charge on any atom is 0.238 e. The minimum absolute atomic E-state index is 0.384. The highest BCUT2D eigenvalue weighted by Gasteiger charge is 2.14. The Hall–Kier alpha value is -1.62. The van der Waals surface area contributed by atoms with E-state index in [1.807, 2.05) is 20.0 Å². The molecule has 0 amide bonds. The molecule has 0 saturated carbocycles. The summed E-state index contributed by atoms with van der Waals surface area (Å²) in [5.74, 6) is 2.43. The first-order valence-corrected chi connectivity index (χ1v) is 7.29. The summed E-state index contributed by atoms with van der Waals surface area (Å²) in [5.41, 5.74) is 2.32. The van der Waals surface area contributed by atoms with Gasteiger partial charge in [0.1, 0.15) is 22.4 Å². The van der Waals surface area contributed by atoms with Crippen LogP contribution in [-0.4, -0.2) is 17.0 Å². The Bertz CT molecular complexity index is 614. The Balaban J connectivity index is 2.42. The van der Waals surface area contributed by atoms with Gasteiger partial charge in [-0.15, -0.1) is 0 Å². The molecule has 5 heteroatoms. The fourth-order valence-electron chi connectivity index (χ4n) is 1.91. The Labute approximate surface area is 127 Å². The summed E-state index contributed by atoms with van der Waals surface area (Å²) in [7, 11) is 1.81. The zero-order valence-electron chi connectivity index (χ0n) is 12.1. The molecule has 4 nitrogen and oxygen atoms in total. The number of nitrogens with zero attached hydrogens (tertiary/aromatic N) is 2. The third-order valence-corrected chi connectivity index (χ3v) is 3.71. The number of ether oxygens (including phenoxy) is 1. The summed E-state index contributed by atoms with van der Waals surface area (Å²) in [6.07, 6.45) is 1.48. The van der Waals surface area contributed by atoms with E-state index < -0.39 is 0 Å². The van der Waals surface area contributed by atoms with Crippen molar-refractivity contribution in [3.05, 3.63) is 40.1 Å². The van der Waals surface area contributed by atoms with Gasteiger partial charge in [-0.2, -0.15) is 0 Å². The topological polar surface area (TPSA) is 47.0 Å². The van der Waals surface area contributed by atoms with Gasteiger partial charge in [0, 0.05) is 7.05 Å². The lowest BCUT2D eigenvalue weighted by Gasteiger charge is -2.15. The van der Waals surface area contributed by atoms with E-state index in [1.54, 1.807) is 0 Å². The summed E-state index contributed by atoms with van der Waals surface area (Å²) in [5, 5.41) is 2.99. The third-order valence-electron chi connectivity index (χ3n) is 2.99. The summed E-state index contributed by atoms with van der Waals surface area (Å²) >= 11 is 3.47. The smallest absolute Gasteiger partial charge is 0.238 e. The Kier molecular flexibility index (Phi) is 4.60. The van der Waals surface area contributed by atoms with E-state index in [2.05, 4.69) is 57.2 Å². The van der Waals surface area contributed by atoms with Gasteiger partial charge in [-0.1, -0.05) is 26.0 Å². The second-order valence-corrected chi connectivity index (χ2v) is 5.68. The molecular weight excluding hydrogens is 318 g/mol. The van der Waals surface area contributed by atoms with Gasteiger partial charge in [-0.3, -0.25) is 0 Å². The van der Waals surface area contributed by atoms with E-state index >= 15 is 0 Å². The fourth-order valence-corrected chi connectivity index (χ4v) is 2.39. The van der Waals surface area contributed by atoms with Crippen molar-refractivity contribution >= 4 is 21.7 Å². The van der Waals surface area contributed by atoms with Crippen molar-refractivity contribution in [1.29, 1.82) is 0 Å². The lowest BCUT2D eigenvalue weighted by atomic mass is 10.0. The summed E-state index contributed by atoms with van der Waals surface area (Å²) in [4.78, 5) is 8.32. The van der Waals surface area contributed by atoms with Gasteiger partial charge in [0.15, 0.2) is 0 Å². The SMILES string of the molecule is CNc1ncnc(Oc2cc(C)ccc2C(C)C)c1Br. The molecule has 2 rings (SSSR count). The molecule has 2 aromatic rings. The highest BCUT2D eigenvalue weighted by molar-refractivity contribution is 9.10. The largest absolute Gasteiger partial charge is 0.437 e. The van der Waals surface area contributed by atoms with E-state index in [4.69, 9.17) is 4.74 Å². The Morgan fingerprint density at radius 2 is 2.00 bits per heavy atom. The van der Waals surface area contributed by atoms with Crippen LogP contribution >= 0.6 is 15.9 Å². The van der Waals surface area contributed by atoms with Crippen LogP contribution in [0.25, 0.3) is 0 Å². The molecule has 0 saturated heterocycles. The summed E-state index contributed by atoms with van der Waals surface area (Å²) in [6, 6.07) is 6.22. The maximum atomic E-state index is 5.99. The standard InChI is InChI=1S/C15H18BrN3O/c1-9(2)11-6-5-10(3)7-12(11)20-15-13(16)14(17-4)18-8-19-15/h5-9H,1-4H3,(H,17,18,19). The number of benzene rings is 1. The van der Waals surface area contributed by atoms with Gasteiger partial charge in [-0.05, 0) is 46.0 Å². The molecule has 1 aromatic carbocycles. The van der Waals surface area contributed by atoms with E-state index in [-0.39, 0.29) is 0 Å². The number of aryl methyl sites for hydroxylation is 1. The number of rotatable bonds is 4. The molecule has 1 heterocycles. The summed E-state index contributed by atoms with van der Waals surface area (Å²) in [6.45, 7) is 6.34. The molecule has 106 valence electrons. The lowest BCUT2D eigenvalue weighted by molar-refractivity contribution is 0.450. The second kappa shape index (κ2) is 6.22. The molecule has 0 spiro atoms. The highest BCUT2D eigenvalue weighted by atomic mass is 79.9. The van der Waals surface area contributed by atoms with Gasteiger partial charge < -0.3 is 10.1 Å². The van der Waals surface area contributed by atoms with Gasteiger partial charge >= 0.3 is 0 Å². The minimum atomic E-state index is 0.384. The van der Waals surface area contributed by atoms with Gasteiger partial charge in [0.05, 0.1) is 0 Å². The molecule has 0 aliphatic rings. The van der Waals surface area contributed by atoms with Crippen LogP contribution in [0.4, 0.5) is 5.82 Å². The molecule has 0 unspecified atom stereocenters. The lowest BCUT2D eigenvalue weighted by Crippen LogP contribution is -2.00. The molecule has 0 bridgehead atoms. The zero-order chi connectivity index (χ0) is 14.7. The number of halogens is 1. The van der Waals surface area contributed by atoms with Crippen molar-refractivity contribution in [3.63, 3.8) is 0 Å². The van der Waals surface area contributed by atoms with Crippen LogP contribution < -0.4 is 10.1 Å². The summed E-state index contributed by atoms with van der Waals surface area (Å²) < 4.78 is 6.71. The average molecular weight is 336 g/mol. The quantitative estimate of drug-likeness (QED) is 0.893. The first-order valence-electron chi connectivity index (χ1n) is 6.49. The molecular formula is C15H18BrN3O. The fraction of sp³-hybridized carbons (Fsp3) is 0.333. The van der Waals surface area contributed by atoms with Gasteiger partial charge in [-0.25, -0.2) is 9.97 Å². The monoisotopic (exact) mass is 335 g/mol. The van der Waals surface area contributed by atoms with Crippen molar-refractivity contribution in [2.45, 2.75) is 26.7 Å². The molecule has 0 aliphatic carbocycles. The van der Waals surface area contributed by atoms with Crippen LogP contribution in [0.15, 0.2) is 29.0 Å². The molecule has 0 radical (unpaired) electrons. The predicted molar refractivity (Wildman–Crippen MR) is 84.6 cm³/mol. The predicted octanol–water partition coefficient (Wildman–Crippen LogP) is 4.50. The Morgan fingerprint density at radius 1 is 1.25 bits per heavy atom. The van der Waals surface area contributed by atoms with E-state index in [9.17, 15) is 0 Å². The van der Waals surface area contributed by atoms with E-state index in [0.29, 0.717) is 17.6 Å². The van der Waals surface area contributed by atoms with Crippen LogP contribution in [0.2, 0.25) is 0 Å². The first-order chi connectivity index (χ1) is 9.52. The number of aromatic nitrogens is 2. The number of hydrogen-bond acceptors (Lipinski definition) is 4. The molecule has 1 aromatic heterocycles. The minimum Gasteiger partial charge on any atom is -0.437 e. The molecule has 20 heavy (non-hydrogen) atoms. The van der Waals surface area contributed by atoms with Crippen LogP contribution in [0.3, 0.4) is 0 Å². The van der Waals surface area contributed by atoms with Crippen LogP contribution in [0, 0.1) is 6.92 Å². The van der Waals surface area contributed by atoms with Gasteiger partial charge in [0.25, 0.3) is 0 Å². The highest BCUT2D eigenvalue weighted by Crippen LogP contribution is 2.35. The third kappa shape index (κ3) is 3.10. The number of nitrogens with one attached hydrogen (secondary N) is 1. The molecule has 0 fully saturated rings. The van der Waals surface area contributed by atoms with Gasteiger partial charge in [0.2, 0.25) is 5.88 Å². The van der Waals surface area contributed by atoms with Crippen molar-refractivity contribution in [3.8, 4) is 11.6 Å². The van der Waals surface area contributed by atoms with Crippen LogP contribution in [0.1, 0.15) is 30.9 Å². The number of anilines is 1. The number of hydrogen-bond donors (Lipinski definition) is 1. The van der Waals surface area contributed by atoms with E-state index in [0.717, 1.165) is 21.3 Å². The van der Waals surface area contributed by atoms with Crippen LogP contribution in [0.5, 0.6) is 11.6 Å². The van der Waals surface area contributed by atoms with Crippen molar-refractivity contribution in [1.82, 2.24) is 9.97 Å². The first kappa shape index (κ1) is 14.8. The van der Waals surface area contributed by atoms with Crippen molar-refractivity contribution < 1.29 is 4.74 Å². The van der Waals surface area contributed by atoms with Crippen molar-refractivity contribution in [2.24, 2.45) is 0 Å². The average Bonchev–Trinajstić information content (AvgIpc) is 2.41. The maximum absolute atomic E-state index is 5.99. The van der Waals surface area contributed by atoms with Crippen LogP contribution in [-0.2, 0) is 0 Å². The second-order valence-electron chi connectivity index (χ2n) is 4.89. The molecule has 0 aliphatic heterocycles. The van der Waals surface area contributed by atoms with E-state index in [1.165, 1.54) is 6.33 Å². The Morgan fingerprint density at radius 3 is 2.65 bits per heavy atom. The molecule has 0 atom stereocenters. The zero-order valence-corrected chi connectivity index (χ0v) is 13.7. The normalized spacial score (nSPS) is 10.7. The molecule has 1 N–H and O–H groups in total. The van der Waals surface area contributed by atoms with Crippen molar-refractivity contribution in [2.75, 3.05) is 12.4 Å².